The molecule has 2 rings (SSSR count). The Kier molecular flexibility index (Phi) is 9.55. The van der Waals surface area contributed by atoms with E-state index in [-0.39, 0.29) is 42.2 Å². The van der Waals surface area contributed by atoms with Crippen LogP contribution in [0.15, 0.2) is 5.38 Å². The number of halogens is 2. The van der Waals surface area contributed by atoms with Crippen LogP contribution < -0.4 is 10.6 Å². The highest BCUT2D eigenvalue weighted by Crippen LogP contribution is 2.23. The maximum absolute atomic E-state index is 12.0. The van der Waals surface area contributed by atoms with Crippen LogP contribution in [0.4, 0.5) is 0 Å². The first kappa shape index (κ1) is 21.6. The highest BCUT2D eigenvalue weighted by Gasteiger charge is 2.20. The molecule has 0 unspecified atom stereocenters. The van der Waals surface area contributed by atoms with E-state index in [1.807, 2.05) is 0 Å². The molecule has 128 valence electrons. The predicted octanol–water partition coefficient (Wildman–Crippen LogP) is 3.09. The number of amides is 1. The third kappa shape index (κ3) is 6.41. The lowest BCUT2D eigenvalue weighted by Gasteiger charge is -2.22. The molecule has 2 N–H and O–H groups in total. The Balaban J connectivity index is 0.00000220. The van der Waals surface area contributed by atoms with E-state index in [1.165, 1.54) is 6.42 Å². The topological polar surface area (TPSA) is 54.0 Å². The number of hydrogen-bond donors (Lipinski definition) is 2. The summed E-state index contributed by atoms with van der Waals surface area (Å²) in [6, 6.07) is 0.00480. The Morgan fingerprint density at radius 1 is 1.41 bits per heavy atom. The quantitative estimate of drug-likeness (QED) is 0.859. The zero-order valence-electron chi connectivity index (χ0n) is 13.5. The minimum Gasteiger partial charge on any atom is -0.354 e. The van der Waals surface area contributed by atoms with E-state index < -0.39 is 0 Å². The lowest BCUT2D eigenvalue weighted by Crippen LogP contribution is -2.47. The van der Waals surface area contributed by atoms with Crippen molar-refractivity contribution in [3.63, 3.8) is 0 Å². The number of aromatic nitrogens is 1. The third-order valence-corrected chi connectivity index (χ3v) is 4.49. The number of rotatable bonds is 4. The summed E-state index contributed by atoms with van der Waals surface area (Å²) >= 11 is 1.69. The van der Waals surface area contributed by atoms with Crippen molar-refractivity contribution in [2.75, 3.05) is 13.1 Å². The lowest BCUT2D eigenvalue weighted by atomic mass is 9.93. The summed E-state index contributed by atoms with van der Waals surface area (Å²) < 4.78 is 0. The van der Waals surface area contributed by atoms with Crippen molar-refractivity contribution in [2.45, 2.75) is 57.9 Å². The normalized spacial score (nSPS) is 18.0. The second-order valence-electron chi connectivity index (χ2n) is 6.42. The van der Waals surface area contributed by atoms with Crippen molar-refractivity contribution >= 4 is 42.1 Å². The van der Waals surface area contributed by atoms with Gasteiger partial charge in [0.25, 0.3) is 0 Å². The largest absolute Gasteiger partial charge is 0.354 e. The van der Waals surface area contributed by atoms with E-state index in [2.05, 4.69) is 41.8 Å². The minimum absolute atomic E-state index is 0. The maximum Gasteiger partial charge on any atom is 0.237 e. The molecule has 0 spiro atoms. The summed E-state index contributed by atoms with van der Waals surface area (Å²) in [5.74, 6) is 0.136. The summed E-state index contributed by atoms with van der Waals surface area (Å²) in [6.45, 7) is 8.14. The standard InChI is InChI=1S/C15H25N3OS.2ClH/c1-15(2,3)12-10-20-13(18-12)7-9-17-14(19)11-6-4-5-8-16-11;;/h10-11,16H,4-9H2,1-3H3,(H,17,19);2*1H/t11-;;/m1../s1. The molecule has 2 heterocycles. The minimum atomic E-state index is 0. The molecule has 1 fully saturated rings. The lowest BCUT2D eigenvalue weighted by molar-refractivity contribution is -0.123. The van der Waals surface area contributed by atoms with Gasteiger partial charge in [-0.2, -0.15) is 0 Å². The van der Waals surface area contributed by atoms with Gasteiger partial charge in [0.15, 0.2) is 0 Å². The molecule has 1 atom stereocenters. The SMILES string of the molecule is CC(C)(C)c1csc(CCNC(=O)[C@H]2CCCCN2)n1.Cl.Cl. The van der Waals surface area contributed by atoms with Crippen LogP contribution in [0.3, 0.4) is 0 Å². The van der Waals surface area contributed by atoms with Gasteiger partial charge in [-0.1, -0.05) is 27.2 Å². The molecule has 7 heteroatoms. The van der Waals surface area contributed by atoms with Crippen molar-refractivity contribution in [3.05, 3.63) is 16.1 Å². The summed E-state index contributed by atoms with van der Waals surface area (Å²) in [4.78, 5) is 16.6. The molecule has 1 aromatic heterocycles. The number of carbonyl (C=O) groups is 1. The monoisotopic (exact) mass is 367 g/mol. The van der Waals surface area contributed by atoms with Crippen molar-refractivity contribution in [3.8, 4) is 0 Å². The van der Waals surface area contributed by atoms with Crippen LogP contribution in [0.25, 0.3) is 0 Å². The summed E-state index contributed by atoms with van der Waals surface area (Å²) in [5, 5.41) is 9.51. The van der Waals surface area contributed by atoms with Gasteiger partial charge in [0.2, 0.25) is 5.91 Å². The van der Waals surface area contributed by atoms with Crippen LogP contribution in [0.1, 0.15) is 50.7 Å². The Morgan fingerprint density at radius 3 is 2.68 bits per heavy atom. The van der Waals surface area contributed by atoms with Crippen molar-refractivity contribution in [1.82, 2.24) is 15.6 Å². The van der Waals surface area contributed by atoms with Gasteiger partial charge in [-0.15, -0.1) is 36.2 Å². The average Bonchev–Trinajstić information content (AvgIpc) is 2.88. The Hall–Kier alpha value is -0.360. The smallest absolute Gasteiger partial charge is 0.237 e. The van der Waals surface area contributed by atoms with Crippen molar-refractivity contribution in [1.29, 1.82) is 0 Å². The van der Waals surface area contributed by atoms with Crippen LogP contribution in [-0.2, 0) is 16.6 Å². The maximum atomic E-state index is 12.0. The van der Waals surface area contributed by atoms with Gasteiger partial charge < -0.3 is 10.6 Å². The van der Waals surface area contributed by atoms with E-state index in [0.29, 0.717) is 6.54 Å². The fourth-order valence-electron chi connectivity index (χ4n) is 2.26. The molecular formula is C15H27Cl2N3OS. The Morgan fingerprint density at radius 2 is 2.14 bits per heavy atom. The predicted molar refractivity (Wildman–Crippen MR) is 97.7 cm³/mol. The fraction of sp³-hybridized carbons (Fsp3) is 0.733. The summed E-state index contributed by atoms with van der Waals surface area (Å²) in [7, 11) is 0. The van der Waals surface area contributed by atoms with Gasteiger partial charge in [-0.05, 0) is 19.4 Å². The fourth-order valence-corrected chi connectivity index (χ4v) is 3.29. The second kappa shape index (κ2) is 9.71. The van der Waals surface area contributed by atoms with Crippen LogP contribution in [0, 0.1) is 0 Å². The molecule has 1 aliphatic heterocycles. The van der Waals surface area contributed by atoms with Gasteiger partial charge in [0.1, 0.15) is 0 Å². The van der Waals surface area contributed by atoms with E-state index in [9.17, 15) is 4.79 Å². The number of thiazole rings is 1. The summed E-state index contributed by atoms with van der Waals surface area (Å²) in [5.41, 5.74) is 1.24. The molecule has 0 saturated carbocycles. The van der Waals surface area contributed by atoms with E-state index in [4.69, 9.17) is 0 Å². The van der Waals surface area contributed by atoms with Gasteiger partial charge >= 0.3 is 0 Å². The molecule has 4 nitrogen and oxygen atoms in total. The van der Waals surface area contributed by atoms with Crippen molar-refractivity contribution < 1.29 is 4.79 Å². The highest BCUT2D eigenvalue weighted by atomic mass is 35.5. The van der Waals surface area contributed by atoms with Gasteiger partial charge in [-0.3, -0.25) is 4.79 Å². The zero-order valence-corrected chi connectivity index (χ0v) is 15.9. The van der Waals surface area contributed by atoms with E-state index >= 15 is 0 Å². The van der Waals surface area contributed by atoms with Crippen LogP contribution in [0.2, 0.25) is 0 Å². The third-order valence-electron chi connectivity index (χ3n) is 3.59. The molecule has 22 heavy (non-hydrogen) atoms. The molecule has 1 aromatic rings. The van der Waals surface area contributed by atoms with Gasteiger partial charge in [0.05, 0.1) is 16.7 Å². The summed E-state index contributed by atoms with van der Waals surface area (Å²) in [6.07, 6.45) is 4.10. The molecular weight excluding hydrogens is 341 g/mol. The first-order chi connectivity index (χ1) is 9.47. The average molecular weight is 368 g/mol. The van der Waals surface area contributed by atoms with Crippen LogP contribution >= 0.6 is 36.2 Å². The second-order valence-corrected chi connectivity index (χ2v) is 7.36. The van der Waals surface area contributed by atoms with E-state index in [0.717, 1.165) is 36.5 Å². The first-order valence-electron chi connectivity index (χ1n) is 7.43. The zero-order chi connectivity index (χ0) is 14.6. The van der Waals surface area contributed by atoms with E-state index in [1.54, 1.807) is 11.3 Å². The molecule has 1 aliphatic rings. The molecule has 1 saturated heterocycles. The number of hydrogen-bond acceptors (Lipinski definition) is 4. The number of nitrogens with zero attached hydrogens (tertiary/aromatic N) is 1. The molecule has 0 aromatic carbocycles. The van der Waals surface area contributed by atoms with Crippen molar-refractivity contribution in [2.24, 2.45) is 0 Å². The molecule has 1 amide bonds. The first-order valence-corrected chi connectivity index (χ1v) is 8.31. The van der Waals surface area contributed by atoms with Crippen LogP contribution in [0.5, 0.6) is 0 Å². The van der Waals surface area contributed by atoms with Gasteiger partial charge in [-0.25, -0.2) is 4.98 Å². The Bertz CT molecular complexity index is 454. The van der Waals surface area contributed by atoms with Crippen LogP contribution in [-0.4, -0.2) is 30.0 Å². The Labute approximate surface area is 149 Å². The molecule has 0 radical (unpaired) electrons. The number of piperidine rings is 1. The number of carbonyl (C=O) groups excluding carboxylic acids is 1. The highest BCUT2D eigenvalue weighted by molar-refractivity contribution is 7.09. The number of nitrogens with one attached hydrogen (secondary N) is 2. The molecule has 0 bridgehead atoms. The molecule has 0 aliphatic carbocycles. The van der Waals surface area contributed by atoms with Gasteiger partial charge in [0, 0.05) is 23.8 Å².